The molecule has 1 rings (SSSR count). The summed E-state index contributed by atoms with van der Waals surface area (Å²) in [6, 6.07) is 5.66. The fourth-order valence-electron chi connectivity index (χ4n) is 1.59. The van der Waals surface area contributed by atoms with Crippen molar-refractivity contribution in [3.8, 4) is 0 Å². The molecule has 0 unspecified atom stereocenters. The topological polar surface area (TPSA) is 81.7 Å². The lowest BCUT2D eigenvalue weighted by Crippen LogP contribution is -2.34. The molecule has 0 aromatic heterocycles. The third kappa shape index (κ3) is 6.07. The molecule has 0 spiro atoms. The summed E-state index contributed by atoms with van der Waals surface area (Å²) in [5.74, 6) is -1.25. The van der Waals surface area contributed by atoms with E-state index < -0.39 is 24.6 Å². The lowest BCUT2D eigenvalue weighted by Gasteiger charge is -2.07. The van der Waals surface area contributed by atoms with E-state index in [4.69, 9.17) is 4.74 Å². The maximum atomic E-state index is 11.6. The number of ether oxygens (including phenoxy) is 2. The van der Waals surface area contributed by atoms with Gasteiger partial charge in [0.2, 0.25) is 0 Å². The number of rotatable bonds is 5. The van der Waals surface area contributed by atoms with Gasteiger partial charge in [0, 0.05) is 0 Å². The van der Waals surface area contributed by atoms with E-state index in [1.54, 1.807) is 6.92 Å². The van der Waals surface area contributed by atoms with Crippen LogP contribution in [0.4, 0.5) is 4.79 Å². The number of hydrogen-bond donors (Lipinski definition) is 1. The zero-order chi connectivity index (χ0) is 15.8. The Hall–Kier alpha value is -2.37. The Morgan fingerprint density at radius 2 is 1.81 bits per heavy atom. The highest BCUT2D eigenvalue weighted by Gasteiger charge is 2.12. The van der Waals surface area contributed by atoms with Crippen LogP contribution in [0, 0.1) is 13.8 Å². The molecule has 6 heteroatoms. The van der Waals surface area contributed by atoms with Gasteiger partial charge in [0.05, 0.1) is 13.0 Å². The zero-order valence-corrected chi connectivity index (χ0v) is 12.4. The largest absolute Gasteiger partial charge is 0.455 e. The van der Waals surface area contributed by atoms with Crippen LogP contribution in [0.2, 0.25) is 0 Å². The van der Waals surface area contributed by atoms with Crippen molar-refractivity contribution < 1.29 is 23.9 Å². The number of hydrogen-bond acceptors (Lipinski definition) is 5. The fraction of sp³-hybridized carbons (Fsp3) is 0.400. The van der Waals surface area contributed by atoms with Crippen molar-refractivity contribution in [3.05, 3.63) is 34.9 Å². The maximum absolute atomic E-state index is 11.6. The third-order valence-corrected chi connectivity index (χ3v) is 2.80. The van der Waals surface area contributed by atoms with Gasteiger partial charge in [-0.2, -0.15) is 0 Å². The SMILES string of the molecule is CCOC(=O)NC(=O)COC(=O)Cc1ccc(C)c(C)c1. The third-order valence-electron chi connectivity index (χ3n) is 2.80. The summed E-state index contributed by atoms with van der Waals surface area (Å²) < 4.78 is 9.33. The van der Waals surface area contributed by atoms with E-state index in [1.807, 2.05) is 37.4 Å². The smallest absolute Gasteiger partial charge is 0.413 e. The first kappa shape index (κ1) is 16.7. The van der Waals surface area contributed by atoms with Crippen LogP contribution in [-0.2, 0) is 25.5 Å². The van der Waals surface area contributed by atoms with Crippen LogP contribution < -0.4 is 5.32 Å². The first-order chi connectivity index (χ1) is 9.92. The molecule has 114 valence electrons. The van der Waals surface area contributed by atoms with Crippen LogP contribution in [0.5, 0.6) is 0 Å². The molecule has 0 bridgehead atoms. The van der Waals surface area contributed by atoms with E-state index in [0.717, 1.165) is 16.7 Å². The molecular formula is C15H19NO5. The average Bonchev–Trinajstić information content (AvgIpc) is 2.41. The minimum atomic E-state index is -0.854. The molecule has 0 heterocycles. The van der Waals surface area contributed by atoms with E-state index >= 15 is 0 Å². The first-order valence-electron chi connectivity index (χ1n) is 6.60. The highest BCUT2D eigenvalue weighted by atomic mass is 16.6. The van der Waals surface area contributed by atoms with Gasteiger partial charge in [0.15, 0.2) is 6.61 Å². The second-order valence-corrected chi connectivity index (χ2v) is 4.52. The minimum absolute atomic E-state index is 0.0772. The predicted octanol–water partition coefficient (Wildman–Crippen LogP) is 1.66. The zero-order valence-electron chi connectivity index (χ0n) is 12.4. The number of imide groups is 1. The average molecular weight is 293 g/mol. The summed E-state index contributed by atoms with van der Waals surface area (Å²) in [5.41, 5.74) is 3.04. The molecule has 1 aromatic carbocycles. The number of benzene rings is 1. The van der Waals surface area contributed by atoms with Gasteiger partial charge in [0.25, 0.3) is 5.91 Å². The van der Waals surface area contributed by atoms with Gasteiger partial charge in [0.1, 0.15) is 0 Å². The van der Waals surface area contributed by atoms with E-state index in [0.29, 0.717) is 0 Å². The Labute approximate surface area is 123 Å². The number of aryl methyl sites for hydroxylation is 2. The van der Waals surface area contributed by atoms with Gasteiger partial charge in [-0.3, -0.25) is 14.9 Å². The van der Waals surface area contributed by atoms with Crippen LogP contribution >= 0.6 is 0 Å². The standard InChI is InChI=1S/C15H19NO5/c1-4-20-15(19)16-13(17)9-21-14(18)8-12-6-5-10(2)11(3)7-12/h5-7H,4,8-9H2,1-3H3,(H,16,17,19). The summed E-state index contributed by atoms with van der Waals surface area (Å²) >= 11 is 0. The van der Waals surface area contributed by atoms with Crippen LogP contribution in [0.1, 0.15) is 23.6 Å². The molecular weight excluding hydrogens is 274 g/mol. The molecule has 0 atom stereocenters. The first-order valence-corrected chi connectivity index (χ1v) is 6.60. The highest BCUT2D eigenvalue weighted by Crippen LogP contribution is 2.10. The molecule has 0 fully saturated rings. The van der Waals surface area contributed by atoms with Crippen molar-refractivity contribution in [1.29, 1.82) is 0 Å². The van der Waals surface area contributed by atoms with Crippen LogP contribution in [-0.4, -0.2) is 31.2 Å². The summed E-state index contributed by atoms with van der Waals surface area (Å²) in [6.45, 7) is 5.20. The van der Waals surface area contributed by atoms with Gasteiger partial charge in [-0.1, -0.05) is 18.2 Å². The van der Waals surface area contributed by atoms with Gasteiger partial charge in [-0.05, 0) is 37.5 Å². The summed E-state index contributed by atoms with van der Waals surface area (Å²) in [5, 5.41) is 1.94. The number of carbonyl (C=O) groups excluding carboxylic acids is 3. The molecule has 0 aliphatic rings. The summed E-state index contributed by atoms with van der Waals surface area (Å²) in [4.78, 5) is 33.9. The fourth-order valence-corrected chi connectivity index (χ4v) is 1.59. The van der Waals surface area contributed by atoms with Gasteiger partial charge in [-0.25, -0.2) is 4.79 Å². The molecule has 0 radical (unpaired) electrons. The van der Waals surface area contributed by atoms with Gasteiger partial charge >= 0.3 is 12.1 Å². The Morgan fingerprint density at radius 1 is 1.10 bits per heavy atom. The molecule has 0 aliphatic carbocycles. The Morgan fingerprint density at radius 3 is 2.43 bits per heavy atom. The summed E-state index contributed by atoms with van der Waals surface area (Å²) in [6.07, 6.45) is -0.777. The van der Waals surface area contributed by atoms with E-state index in [2.05, 4.69) is 4.74 Å². The molecule has 0 saturated heterocycles. The van der Waals surface area contributed by atoms with E-state index in [-0.39, 0.29) is 13.0 Å². The monoisotopic (exact) mass is 293 g/mol. The second kappa shape index (κ2) is 8.04. The van der Waals surface area contributed by atoms with Crippen LogP contribution in [0.25, 0.3) is 0 Å². The van der Waals surface area contributed by atoms with E-state index in [1.165, 1.54) is 0 Å². The van der Waals surface area contributed by atoms with E-state index in [9.17, 15) is 14.4 Å². The molecule has 6 nitrogen and oxygen atoms in total. The van der Waals surface area contributed by atoms with Crippen LogP contribution in [0.3, 0.4) is 0 Å². The van der Waals surface area contributed by atoms with Crippen molar-refractivity contribution in [2.24, 2.45) is 0 Å². The molecule has 21 heavy (non-hydrogen) atoms. The quantitative estimate of drug-likeness (QED) is 0.835. The lowest BCUT2D eigenvalue weighted by atomic mass is 10.0. The molecule has 1 aromatic rings. The van der Waals surface area contributed by atoms with Gasteiger partial charge in [-0.15, -0.1) is 0 Å². The van der Waals surface area contributed by atoms with Crippen molar-refractivity contribution in [3.63, 3.8) is 0 Å². The molecule has 2 amide bonds. The minimum Gasteiger partial charge on any atom is -0.455 e. The van der Waals surface area contributed by atoms with Crippen molar-refractivity contribution >= 4 is 18.0 Å². The Bertz CT molecular complexity index is 539. The number of alkyl carbamates (subject to hydrolysis) is 1. The maximum Gasteiger partial charge on any atom is 0.413 e. The summed E-state index contributed by atoms with van der Waals surface area (Å²) in [7, 11) is 0. The molecule has 0 saturated carbocycles. The normalized spacial score (nSPS) is 9.86. The van der Waals surface area contributed by atoms with Crippen molar-refractivity contribution in [2.45, 2.75) is 27.2 Å². The Balaban J connectivity index is 2.38. The Kier molecular flexibility index (Phi) is 6.39. The van der Waals surface area contributed by atoms with Crippen molar-refractivity contribution in [1.82, 2.24) is 5.32 Å². The second-order valence-electron chi connectivity index (χ2n) is 4.52. The number of carbonyl (C=O) groups is 3. The molecule has 0 aliphatic heterocycles. The number of esters is 1. The number of nitrogens with one attached hydrogen (secondary N) is 1. The molecule has 1 N–H and O–H groups in total. The predicted molar refractivity (Wildman–Crippen MR) is 75.7 cm³/mol. The van der Waals surface area contributed by atoms with Gasteiger partial charge < -0.3 is 9.47 Å². The lowest BCUT2D eigenvalue weighted by molar-refractivity contribution is -0.147. The number of amides is 2. The van der Waals surface area contributed by atoms with Crippen molar-refractivity contribution in [2.75, 3.05) is 13.2 Å². The van der Waals surface area contributed by atoms with Crippen LogP contribution in [0.15, 0.2) is 18.2 Å². The highest BCUT2D eigenvalue weighted by molar-refractivity contribution is 5.93.